The summed E-state index contributed by atoms with van der Waals surface area (Å²) in [6.07, 6.45) is -0.0992. The first-order valence-electron chi connectivity index (χ1n) is 5.54. The molecule has 0 spiro atoms. The molecule has 0 radical (unpaired) electrons. The number of aryl methyl sites for hydroxylation is 2. The van der Waals surface area contributed by atoms with E-state index in [2.05, 4.69) is 0 Å². The Balaban J connectivity index is 2.59. The number of hydrogen-bond acceptors (Lipinski definition) is 2. The van der Waals surface area contributed by atoms with Crippen molar-refractivity contribution in [2.24, 2.45) is 0 Å². The molecule has 2 N–H and O–H groups in total. The van der Waals surface area contributed by atoms with Gasteiger partial charge in [-0.25, -0.2) is 4.79 Å². The van der Waals surface area contributed by atoms with E-state index in [0.29, 0.717) is 0 Å². The number of aromatic nitrogens is 1. The summed E-state index contributed by atoms with van der Waals surface area (Å²) < 4.78 is 1.54. The zero-order valence-electron chi connectivity index (χ0n) is 9.88. The third-order valence-corrected chi connectivity index (χ3v) is 2.93. The lowest BCUT2D eigenvalue weighted by atomic mass is 10.1. The fraction of sp³-hybridized carbons (Fsp3) is 0.231. The normalized spacial score (nSPS) is 10.7. The van der Waals surface area contributed by atoms with E-state index in [4.69, 9.17) is 10.2 Å². The molecule has 1 heterocycles. The van der Waals surface area contributed by atoms with Crippen LogP contribution in [0.15, 0.2) is 24.3 Å². The van der Waals surface area contributed by atoms with Gasteiger partial charge in [0.05, 0.1) is 6.42 Å². The first-order chi connectivity index (χ1) is 8.50. The number of aromatic carboxylic acids is 1. The van der Waals surface area contributed by atoms with Gasteiger partial charge in [0.25, 0.3) is 0 Å². The van der Waals surface area contributed by atoms with E-state index in [1.165, 1.54) is 0 Å². The van der Waals surface area contributed by atoms with Crippen LogP contribution in [0.2, 0.25) is 0 Å². The number of carbonyl (C=O) groups is 2. The average Bonchev–Trinajstić information content (AvgIpc) is 2.66. The van der Waals surface area contributed by atoms with Crippen LogP contribution in [0, 0.1) is 6.92 Å². The van der Waals surface area contributed by atoms with Crippen LogP contribution in [-0.2, 0) is 11.3 Å². The number of aliphatic carboxylic acids is 1. The Morgan fingerprint density at radius 2 is 2.00 bits per heavy atom. The van der Waals surface area contributed by atoms with Crippen molar-refractivity contribution in [2.75, 3.05) is 0 Å². The molecule has 0 aliphatic rings. The Bertz CT molecular complexity index is 627. The van der Waals surface area contributed by atoms with Crippen LogP contribution in [0.1, 0.15) is 22.5 Å². The summed E-state index contributed by atoms with van der Waals surface area (Å²) in [5.74, 6) is -1.99. The second-order valence-electron chi connectivity index (χ2n) is 4.14. The summed E-state index contributed by atoms with van der Waals surface area (Å²) in [6.45, 7) is 2.05. The lowest BCUT2D eigenvalue weighted by Gasteiger charge is -2.06. The first kappa shape index (κ1) is 12.2. The highest BCUT2D eigenvalue weighted by molar-refractivity contribution is 5.95. The summed E-state index contributed by atoms with van der Waals surface area (Å²) in [7, 11) is 0. The lowest BCUT2D eigenvalue weighted by molar-refractivity contribution is -0.137. The van der Waals surface area contributed by atoms with Gasteiger partial charge in [-0.05, 0) is 24.6 Å². The molecule has 0 atom stereocenters. The number of carboxylic acids is 2. The third kappa shape index (κ3) is 2.07. The molecule has 94 valence electrons. The Hall–Kier alpha value is -2.30. The molecule has 18 heavy (non-hydrogen) atoms. The van der Waals surface area contributed by atoms with Gasteiger partial charge in [-0.3, -0.25) is 4.79 Å². The van der Waals surface area contributed by atoms with Crippen molar-refractivity contribution < 1.29 is 19.8 Å². The van der Waals surface area contributed by atoms with E-state index in [-0.39, 0.29) is 18.7 Å². The molecule has 0 aliphatic heterocycles. The van der Waals surface area contributed by atoms with Gasteiger partial charge in [0.2, 0.25) is 0 Å². The van der Waals surface area contributed by atoms with Crippen molar-refractivity contribution in [3.05, 3.63) is 35.5 Å². The highest BCUT2D eigenvalue weighted by Gasteiger charge is 2.15. The minimum Gasteiger partial charge on any atom is -0.481 e. The number of fused-ring (bicyclic) bond motifs is 1. The van der Waals surface area contributed by atoms with Crippen molar-refractivity contribution in [1.82, 2.24) is 4.57 Å². The van der Waals surface area contributed by atoms with E-state index in [0.717, 1.165) is 16.5 Å². The minimum absolute atomic E-state index is 0.0992. The highest BCUT2D eigenvalue weighted by Crippen LogP contribution is 2.23. The third-order valence-electron chi connectivity index (χ3n) is 2.93. The van der Waals surface area contributed by atoms with E-state index in [9.17, 15) is 9.59 Å². The van der Waals surface area contributed by atoms with Crippen LogP contribution in [0.25, 0.3) is 10.9 Å². The van der Waals surface area contributed by atoms with Crippen LogP contribution in [0.5, 0.6) is 0 Å². The topological polar surface area (TPSA) is 79.5 Å². The Labute approximate surface area is 103 Å². The lowest BCUT2D eigenvalue weighted by Crippen LogP contribution is -2.11. The summed E-state index contributed by atoms with van der Waals surface area (Å²) in [6, 6.07) is 7.13. The molecule has 0 fully saturated rings. The molecule has 0 saturated carbocycles. The number of carboxylic acid groups (broad SMARTS) is 2. The zero-order chi connectivity index (χ0) is 13.3. The molecule has 1 aromatic carbocycles. The second kappa shape index (κ2) is 4.52. The Kier molecular flexibility index (Phi) is 3.06. The predicted molar refractivity (Wildman–Crippen MR) is 65.9 cm³/mol. The Morgan fingerprint density at radius 3 is 2.61 bits per heavy atom. The van der Waals surface area contributed by atoms with Crippen molar-refractivity contribution >= 4 is 22.8 Å². The number of hydrogen-bond donors (Lipinski definition) is 2. The molecule has 1 aromatic heterocycles. The van der Waals surface area contributed by atoms with Crippen molar-refractivity contribution in [3.63, 3.8) is 0 Å². The minimum atomic E-state index is -1.05. The maximum Gasteiger partial charge on any atom is 0.352 e. The Morgan fingerprint density at radius 1 is 1.28 bits per heavy atom. The summed E-state index contributed by atoms with van der Waals surface area (Å²) >= 11 is 0. The fourth-order valence-electron chi connectivity index (χ4n) is 2.06. The molecule has 2 rings (SSSR count). The van der Waals surface area contributed by atoms with Crippen LogP contribution in [0.4, 0.5) is 0 Å². The van der Waals surface area contributed by atoms with Crippen LogP contribution >= 0.6 is 0 Å². The van der Waals surface area contributed by atoms with Gasteiger partial charge in [-0.1, -0.05) is 12.1 Å². The zero-order valence-corrected chi connectivity index (χ0v) is 9.88. The van der Waals surface area contributed by atoms with Crippen LogP contribution in [-0.4, -0.2) is 26.7 Å². The van der Waals surface area contributed by atoms with Gasteiger partial charge < -0.3 is 14.8 Å². The van der Waals surface area contributed by atoms with Crippen molar-refractivity contribution in [3.8, 4) is 0 Å². The van der Waals surface area contributed by atoms with E-state index in [1.54, 1.807) is 16.7 Å². The van der Waals surface area contributed by atoms with E-state index >= 15 is 0 Å². The van der Waals surface area contributed by atoms with Crippen LogP contribution < -0.4 is 0 Å². The molecule has 0 aliphatic carbocycles. The maximum atomic E-state index is 11.2. The molecule has 0 saturated heterocycles. The summed E-state index contributed by atoms with van der Waals surface area (Å²) in [5.41, 5.74) is 1.86. The summed E-state index contributed by atoms with van der Waals surface area (Å²) in [5, 5.41) is 18.7. The van der Waals surface area contributed by atoms with Crippen molar-refractivity contribution in [2.45, 2.75) is 19.9 Å². The molecular weight excluding hydrogens is 234 g/mol. The van der Waals surface area contributed by atoms with Gasteiger partial charge in [-0.2, -0.15) is 0 Å². The van der Waals surface area contributed by atoms with Gasteiger partial charge in [0.15, 0.2) is 0 Å². The molecule has 2 aromatic rings. The molecule has 5 nitrogen and oxygen atoms in total. The quantitative estimate of drug-likeness (QED) is 0.867. The standard InChI is InChI=1S/C13H13NO4/c1-8-3-2-4-10-9(8)7-11(13(17)18)14(10)6-5-12(15)16/h2-4,7H,5-6H2,1H3,(H,15,16)(H,17,18). The second-order valence-corrected chi connectivity index (χ2v) is 4.14. The predicted octanol–water partition coefficient (Wildman–Crippen LogP) is 2.12. The molecule has 0 amide bonds. The monoisotopic (exact) mass is 247 g/mol. The van der Waals surface area contributed by atoms with Crippen molar-refractivity contribution in [1.29, 1.82) is 0 Å². The number of rotatable bonds is 4. The summed E-state index contributed by atoms with van der Waals surface area (Å²) in [4.78, 5) is 21.8. The smallest absolute Gasteiger partial charge is 0.352 e. The van der Waals surface area contributed by atoms with E-state index in [1.807, 2.05) is 19.1 Å². The van der Waals surface area contributed by atoms with Gasteiger partial charge in [-0.15, -0.1) is 0 Å². The largest absolute Gasteiger partial charge is 0.481 e. The fourth-order valence-corrected chi connectivity index (χ4v) is 2.06. The van der Waals surface area contributed by atoms with Gasteiger partial charge in [0, 0.05) is 17.4 Å². The average molecular weight is 247 g/mol. The molecule has 0 bridgehead atoms. The number of benzene rings is 1. The van der Waals surface area contributed by atoms with Gasteiger partial charge >= 0.3 is 11.9 Å². The van der Waals surface area contributed by atoms with E-state index < -0.39 is 11.9 Å². The molecule has 0 unspecified atom stereocenters. The SMILES string of the molecule is Cc1cccc2c1cc(C(=O)O)n2CCC(=O)O. The van der Waals surface area contributed by atoms with Gasteiger partial charge in [0.1, 0.15) is 5.69 Å². The first-order valence-corrected chi connectivity index (χ1v) is 5.54. The number of nitrogens with zero attached hydrogens (tertiary/aromatic N) is 1. The maximum absolute atomic E-state index is 11.2. The molecule has 5 heteroatoms. The highest BCUT2D eigenvalue weighted by atomic mass is 16.4. The molecular formula is C13H13NO4. The van der Waals surface area contributed by atoms with Crippen LogP contribution in [0.3, 0.4) is 0 Å².